The predicted octanol–water partition coefficient (Wildman–Crippen LogP) is -0.301. The van der Waals surface area contributed by atoms with Gasteiger partial charge in [-0.3, -0.25) is 10.2 Å². The molecule has 0 aliphatic carbocycles. The molecule has 0 atom stereocenters. The number of allylic oxidation sites excluding steroid dienone is 2. The molecule has 20 heavy (non-hydrogen) atoms. The smallest absolute Gasteiger partial charge is 0.292 e. The summed E-state index contributed by atoms with van der Waals surface area (Å²) < 4.78 is 5.76. The molecule has 0 aromatic carbocycles. The van der Waals surface area contributed by atoms with E-state index in [0.29, 0.717) is 5.69 Å². The highest BCUT2D eigenvalue weighted by atomic mass is 16.6. The molecule has 0 saturated heterocycles. The fourth-order valence-corrected chi connectivity index (χ4v) is 1.36. The molecule has 0 spiro atoms. The van der Waals surface area contributed by atoms with Crippen molar-refractivity contribution < 1.29 is 9.42 Å². The summed E-state index contributed by atoms with van der Waals surface area (Å²) in [6.07, 6.45) is 1.81. The van der Waals surface area contributed by atoms with Crippen molar-refractivity contribution in [2.75, 3.05) is 5.73 Å². The summed E-state index contributed by atoms with van der Waals surface area (Å²) in [5, 5.41) is 14.6. The predicted molar refractivity (Wildman–Crippen MR) is 68.4 cm³/mol. The van der Waals surface area contributed by atoms with Gasteiger partial charge in [0.1, 0.15) is 0 Å². The maximum atomic E-state index is 11.9. The zero-order chi connectivity index (χ0) is 14.7. The Morgan fingerprint density at radius 3 is 2.75 bits per heavy atom. The highest BCUT2D eigenvalue weighted by Gasteiger charge is 2.20. The van der Waals surface area contributed by atoms with E-state index in [4.69, 9.17) is 5.73 Å². The average Bonchev–Trinajstić information content (AvgIpc) is 3.01. The van der Waals surface area contributed by atoms with Crippen molar-refractivity contribution in [3.05, 3.63) is 23.2 Å². The van der Waals surface area contributed by atoms with Crippen LogP contribution in [0.4, 0.5) is 5.82 Å². The Morgan fingerprint density at radius 2 is 2.15 bits per heavy atom. The highest BCUT2D eigenvalue weighted by Crippen LogP contribution is 2.14. The van der Waals surface area contributed by atoms with E-state index in [9.17, 15) is 4.79 Å². The number of hydrogen-bond acceptors (Lipinski definition) is 8. The minimum atomic E-state index is -0.426. The first kappa shape index (κ1) is 13.5. The van der Waals surface area contributed by atoms with Gasteiger partial charge in [-0.1, -0.05) is 11.3 Å². The molecule has 2 rings (SSSR count). The van der Waals surface area contributed by atoms with Gasteiger partial charge < -0.3 is 11.2 Å². The van der Waals surface area contributed by atoms with E-state index < -0.39 is 5.91 Å². The van der Waals surface area contributed by atoms with E-state index in [-0.39, 0.29) is 17.3 Å². The topological polar surface area (TPSA) is 137 Å². The third kappa shape index (κ3) is 2.43. The largest absolute Gasteiger partial charge is 0.378 e. The van der Waals surface area contributed by atoms with Crippen molar-refractivity contribution in [3.8, 4) is 5.82 Å². The van der Waals surface area contributed by atoms with Gasteiger partial charge in [-0.25, -0.2) is 4.63 Å². The number of hydrazine groups is 1. The van der Waals surface area contributed by atoms with Crippen LogP contribution >= 0.6 is 0 Å². The summed E-state index contributed by atoms with van der Waals surface area (Å²) in [5.74, 6) is -0.176. The standard InChI is InChI=1S/C10H14N8O2/c1-4-5(2)12-14-10(19)7-6(3)18(17-13-7)9-8(11)15-20-16-9/h4,12H,1-3H3,(H2,11,15)(H,14,19). The van der Waals surface area contributed by atoms with Crippen LogP contribution in [0.5, 0.6) is 0 Å². The molecule has 2 aromatic heterocycles. The van der Waals surface area contributed by atoms with Crippen LogP contribution < -0.4 is 16.6 Å². The quantitative estimate of drug-likeness (QED) is 0.648. The summed E-state index contributed by atoms with van der Waals surface area (Å²) in [6.45, 7) is 5.31. The number of anilines is 1. The zero-order valence-corrected chi connectivity index (χ0v) is 11.2. The molecule has 0 radical (unpaired) electrons. The third-order valence-electron chi connectivity index (χ3n) is 2.61. The first-order chi connectivity index (χ1) is 9.54. The van der Waals surface area contributed by atoms with Crippen LogP contribution in [0.25, 0.3) is 5.82 Å². The number of amides is 1. The summed E-state index contributed by atoms with van der Waals surface area (Å²) in [4.78, 5) is 11.9. The molecule has 10 nitrogen and oxygen atoms in total. The van der Waals surface area contributed by atoms with E-state index in [1.165, 1.54) is 4.68 Å². The van der Waals surface area contributed by atoms with Crippen LogP contribution in [0.1, 0.15) is 30.0 Å². The van der Waals surface area contributed by atoms with Crippen molar-refractivity contribution in [1.82, 2.24) is 36.2 Å². The molecule has 0 aliphatic heterocycles. The van der Waals surface area contributed by atoms with Crippen LogP contribution in [0.2, 0.25) is 0 Å². The van der Waals surface area contributed by atoms with Gasteiger partial charge in [0.25, 0.3) is 5.91 Å². The molecule has 0 fully saturated rings. The Hall–Kier alpha value is -2.91. The second-order valence-corrected chi connectivity index (χ2v) is 3.96. The fourth-order valence-electron chi connectivity index (χ4n) is 1.36. The van der Waals surface area contributed by atoms with Crippen LogP contribution in [0, 0.1) is 6.92 Å². The molecule has 0 aliphatic rings. The molecule has 0 unspecified atom stereocenters. The van der Waals surface area contributed by atoms with E-state index in [0.717, 1.165) is 5.70 Å². The Labute approximate surface area is 113 Å². The summed E-state index contributed by atoms with van der Waals surface area (Å²) in [6, 6.07) is 0. The van der Waals surface area contributed by atoms with Gasteiger partial charge in [0.2, 0.25) is 11.6 Å². The molecule has 10 heteroatoms. The molecule has 0 saturated carbocycles. The first-order valence-corrected chi connectivity index (χ1v) is 5.74. The van der Waals surface area contributed by atoms with E-state index in [1.54, 1.807) is 6.92 Å². The van der Waals surface area contributed by atoms with Crippen LogP contribution in [0.15, 0.2) is 16.4 Å². The molecule has 0 bridgehead atoms. The summed E-state index contributed by atoms with van der Waals surface area (Å²) in [5.41, 5.74) is 12.2. The molecule has 1 amide bonds. The molecule has 2 aromatic rings. The van der Waals surface area contributed by atoms with Gasteiger partial charge in [0.05, 0.1) is 5.69 Å². The van der Waals surface area contributed by atoms with Gasteiger partial charge in [0, 0.05) is 5.70 Å². The lowest BCUT2D eigenvalue weighted by molar-refractivity contribution is 0.0933. The Balaban J connectivity index is 2.21. The number of carbonyl (C=O) groups is 1. The molecular formula is C10H14N8O2. The maximum absolute atomic E-state index is 11.9. The van der Waals surface area contributed by atoms with E-state index >= 15 is 0 Å². The summed E-state index contributed by atoms with van der Waals surface area (Å²) in [7, 11) is 0. The minimum Gasteiger partial charge on any atom is -0.378 e. The first-order valence-electron chi connectivity index (χ1n) is 5.74. The number of nitrogens with one attached hydrogen (secondary N) is 2. The van der Waals surface area contributed by atoms with Crippen molar-refractivity contribution >= 4 is 11.7 Å². The SMILES string of the molecule is CC=C(C)NNC(=O)c1nnn(-c2nonc2N)c1C. The minimum absolute atomic E-state index is 0.0628. The van der Waals surface area contributed by atoms with Gasteiger partial charge in [-0.2, -0.15) is 4.68 Å². The van der Waals surface area contributed by atoms with Gasteiger partial charge in [-0.05, 0) is 31.1 Å². The molecule has 4 N–H and O–H groups in total. The second kappa shape index (κ2) is 5.38. The van der Waals surface area contributed by atoms with Crippen molar-refractivity contribution in [2.24, 2.45) is 0 Å². The number of nitrogen functional groups attached to an aromatic ring is 1. The number of nitrogens with zero attached hydrogens (tertiary/aromatic N) is 5. The van der Waals surface area contributed by atoms with Gasteiger partial charge >= 0.3 is 0 Å². The highest BCUT2D eigenvalue weighted by molar-refractivity contribution is 5.93. The number of carbonyl (C=O) groups excluding carboxylic acids is 1. The number of aromatic nitrogens is 5. The zero-order valence-electron chi connectivity index (χ0n) is 11.2. The van der Waals surface area contributed by atoms with E-state index in [2.05, 4.69) is 36.1 Å². The normalized spacial score (nSPS) is 11.4. The van der Waals surface area contributed by atoms with Crippen LogP contribution in [0.3, 0.4) is 0 Å². The molecule has 106 valence electrons. The monoisotopic (exact) mass is 278 g/mol. The lowest BCUT2D eigenvalue weighted by Crippen LogP contribution is -2.36. The number of hydrogen-bond donors (Lipinski definition) is 3. The van der Waals surface area contributed by atoms with E-state index in [1.807, 2.05) is 19.9 Å². The Kier molecular flexibility index (Phi) is 3.64. The van der Waals surface area contributed by atoms with Crippen molar-refractivity contribution in [2.45, 2.75) is 20.8 Å². The van der Waals surface area contributed by atoms with Gasteiger partial charge in [0.15, 0.2) is 5.69 Å². The third-order valence-corrected chi connectivity index (χ3v) is 2.61. The molecular weight excluding hydrogens is 264 g/mol. The van der Waals surface area contributed by atoms with Crippen LogP contribution in [-0.4, -0.2) is 31.2 Å². The van der Waals surface area contributed by atoms with Crippen LogP contribution in [-0.2, 0) is 0 Å². The van der Waals surface area contributed by atoms with Crippen molar-refractivity contribution in [3.63, 3.8) is 0 Å². The number of rotatable bonds is 4. The second-order valence-electron chi connectivity index (χ2n) is 3.96. The summed E-state index contributed by atoms with van der Waals surface area (Å²) >= 11 is 0. The maximum Gasteiger partial charge on any atom is 0.292 e. The molecule has 2 heterocycles. The fraction of sp³-hybridized carbons (Fsp3) is 0.300. The lowest BCUT2D eigenvalue weighted by Gasteiger charge is -2.06. The Bertz CT molecular complexity index is 656. The number of nitrogens with two attached hydrogens (primary N) is 1. The Morgan fingerprint density at radius 1 is 1.40 bits per heavy atom. The van der Waals surface area contributed by atoms with Crippen molar-refractivity contribution in [1.29, 1.82) is 0 Å². The average molecular weight is 278 g/mol. The van der Waals surface area contributed by atoms with Gasteiger partial charge in [-0.15, -0.1) is 5.10 Å². The lowest BCUT2D eigenvalue weighted by atomic mass is 10.3.